The average molecular weight is 339 g/mol. The summed E-state index contributed by atoms with van der Waals surface area (Å²) in [5.41, 5.74) is 0.384. The molecule has 1 aromatic rings. The lowest BCUT2D eigenvalue weighted by Gasteiger charge is -2.23. The van der Waals surface area contributed by atoms with E-state index < -0.39 is 10.0 Å². The first-order valence-corrected chi connectivity index (χ1v) is 8.88. The van der Waals surface area contributed by atoms with Crippen LogP contribution in [0.1, 0.15) is 20.3 Å². The van der Waals surface area contributed by atoms with Crippen LogP contribution in [0.25, 0.3) is 0 Å². The number of hydrogen-bond donors (Lipinski definition) is 1. The molecule has 0 saturated heterocycles. The molecule has 0 aliphatic carbocycles. The number of amides is 1. The summed E-state index contributed by atoms with van der Waals surface area (Å²) < 4.78 is 31.2. The average Bonchev–Trinajstić information content (AvgIpc) is 2.50. The molecule has 0 aromatic heterocycles. The highest BCUT2D eigenvalue weighted by molar-refractivity contribution is 7.89. The van der Waals surface area contributed by atoms with Crippen LogP contribution in [0.3, 0.4) is 0 Å². The number of aliphatic imine (C=N–C) groups is 1. The first-order valence-electron chi connectivity index (χ1n) is 7.44. The Labute approximate surface area is 136 Å². The second-order valence-corrected chi connectivity index (χ2v) is 7.24. The minimum atomic E-state index is -3.73. The monoisotopic (exact) mass is 339 g/mol. The summed E-state index contributed by atoms with van der Waals surface area (Å²) in [6.07, 6.45) is 2.01. The third-order valence-electron chi connectivity index (χ3n) is 3.17. The van der Waals surface area contributed by atoms with Gasteiger partial charge in [-0.3, -0.25) is 4.79 Å². The van der Waals surface area contributed by atoms with Crippen molar-refractivity contribution in [2.24, 2.45) is 4.99 Å². The summed E-state index contributed by atoms with van der Waals surface area (Å²) in [7, 11) is -3.73. The summed E-state index contributed by atoms with van der Waals surface area (Å²) in [6, 6.07) is 6.45. The second kappa shape index (κ2) is 7.56. The number of nitrogens with zero attached hydrogens (tertiary/aromatic N) is 2. The number of carbonyl (C=O) groups is 1. The van der Waals surface area contributed by atoms with E-state index in [0.717, 1.165) is 4.31 Å². The summed E-state index contributed by atoms with van der Waals surface area (Å²) in [4.78, 5) is 16.1. The quantitative estimate of drug-likeness (QED) is 0.758. The van der Waals surface area contributed by atoms with Gasteiger partial charge < -0.3 is 10.1 Å². The molecule has 0 bridgehead atoms. The molecule has 126 valence electrons. The molecular formula is C15H21N3O4S. The lowest BCUT2D eigenvalue weighted by Crippen LogP contribution is -2.41. The number of ether oxygens (including phenoxy) is 1. The highest BCUT2D eigenvalue weighted by atomic mass is 32.2. The van der Waals surface area contributed by atoms with E-state index in [0.29, 0.717) is 25.3 Å². The van der Waals surface area contributed by atoms with E-state index in [4.69, 9.17) is 4.74 Å². The minimum Gasteiger partial charge on any atom is -0.379 e. The van der Waals surface area contributed by atoms with Crippen LogP contribution in [-0.2, 0) is 19.6 Å². The van der Waals surface area contributed by atoms with Crippen LogP contribution in [0.2, 0.25) is 0 Å². The molecule has 1 amide bonds. The zero-order valence-corrected chi connectivity index (χ0v) is 14.0. The number of nitrogens with one attached hydrogen (secondary N) is 1. The van der Waals surface area contributed by atoms with Crippen molar-refractivity contribution in [1.29, 1.82) is 0 Å². The third kappa shape index (κ3) is 4.52. The second-order valence-electron chi connectivity index (χ2n) is 5.39. The number of benzene rings is 1. The van der Waals surface area contributed by atoms with Gasteiger partial charge in [0.1, 0.15) is 17.8 Å². The fourth-order valence-corrected chi connectivity index (χ4v) is 3.39. The molecule has 8 heteroatoms. The number of para-hydroxylation sites is 1. The van der Waals surface area contributed by atoms with Crippen molar-refractivity contribution in [2.45, 2.75) is 31.3 Å². The summed E-state index contributed by atoms with van der Waals surface area (Å²) >= 11 is 0. The van der Waals surface area contributed by atoms with Crippen LogP contribution >= 0.6 is 0 Å². The lowest BCUT2D eigenvalue weighted by atomic mass is 10.3. The van der Waals surface area contributed by atoms with Crippen molar-refractivity contribution >= 4 is 28.0 Å². The Hall–Kier alpha value is -1.93. The molecule has 1 heterocycles. The summed E-state index contributed by atoms with van der Waals surface area (Å²) in [5, 5.41) is 2.68. The van der Waals surface area contributed by atoms with Crippen molar-refractivity contribution in [3.05, 3.63) is 24.3 Å². The standard InChI is InChI=1S/C15H21N3O4S/c1-12(2)22-9-5-8-16-15(19)10-18-11-17-13-6-3-4-7-14(13)23(18,20)21/h3-4,6-7,11-12H,5,8-10H2,1-2H3,(H,16,19). The van der Waals surface area contributed by atoms with Gasteiger partial charge in [-0.2, -0.15) is 0 Å². The van der Waals surface area contributed by atoms with Gasteiger partial charge in [0.2, 0.25) is 5.91 Å². The maximum Gasteiger partial charge on any atom is 0.267 e. The fourth-order valence-electron chi connectivity index (χ4n) is 2.04. The van der Waals surface area contributed by atoms with E-state index in [1.54, 1.807) is 18.2 Å². The van der Waals surface area contributed by atoms with Gasteiger partial charge >= 0.3 is 0 Å². The number of rotatable bonds is 7. The molecule has 0 atom stereocenters. The van der Waals surface area contributed by atoms with Crippen molar-refractivity contribution < 1.29 is 17.9 Å². The Morgan fingerprint density at radius 1 is 1.35 bits per heavy atom. The Kier molecular flexibility index (Phi) is 5.73. The molecule has 1 N–H and O–H groups in total. The highest BCUT2D eigenvalue weighted by Crippen LogP contribution is 2.29. The molecule has 0 unspecified atom stereocenters. The van der Waals surface area contributed by atoms with Crippen molar-refractivity contribution in [1.82, 2.24) is 9.62 Å². The Balaban J connectivity index is 1.88. The number of sulfonamides is 1. The van der Waals surface area contributed by atoms with E-state index in [1.165, 1.54) is 12.4 Å². The van der Waals surface area contributed by atoms with Gasteiger partial charge in [-0.15, -0.1) is 0 Å². The van der Waals surface area contributed by atoms with Crippen molar-refractivity contribution in [2.75, 3.05) is 19.7 Å². The molecule has 7 nitrogen and oxygen atoms in total. The predicted octanol–water partition coefficient (Wildman–Crippen LogP) is 1.28. The van der Waals surface area contributed by atoms with Crippen LogP contribution in [0.5, 0.6) is 0 Å². The van der Waals surface area contributed by atoms with Gasteiger partial charge in [-0.25, -0.2) is 17.7 Å². The smallest absolute Gasteiger partial charge is 0.267 e. The molecular weight excluding hydrogens is 318 g/mol. The van der Waals surface area contributed by atoms with Crippen LogP contribution in [0.15, 0.2) is 34.2 Å². The Morgan fingerprint density at radius 2 is 2.09 bits per heavy atom. The van der Waals surface area contributed by atoms with Crippen molar-refractivity contribution in [3.63, 3.8) is 0 Å². The van der Waals surface area contributed by atoms with Gasteiger partial charge in [-0.1, -0.05) is 12.1 Å². The normalized spacial score (nSPS) is 15.5. The zero-order valence-electron chi connectivity index (χ0n) is 13.2. The van der Waals surface area contributed by atoms with Gasteiger partial charge in [0, 0.05) is 13.2 Å². The van der Waals surface area contributed by atoms with Gasteiger partial charge in [0.05, 0.1) is 11.8 Å². The van der Waals surface area contributed by atoms with E-state index in [9.17, 15) is 13.2 Å². The van der Waals surface area contributed by atoms with Crippen molar-refractivity contribution in [3.8, 4) is 0 Å². The molecule has 1 aliphatic rings. The maximum absolute atomic E-state index is 12.4. The Morgan fingerprint density at radius 3 is 2.83 bits per heavy atom. The summed E-state index contributed by atoms with van der Waals surface area (Å²) in [6.45, 7) is 4.58. The van der Waals surface area contributed by atoms with Crippen LogP contribution in [0, 0.1) is 0 Å². The van der Waals surface area contributed by atoms with E-state index in [1.807, 2.05) is 13.8 Å². The molecule has 0 radical (unpaired) electrons. The zero-order chi connectivity index (χ0) is 16.9. The molecule has 1 aromatic carbocycles. The molecule has 0 saturated carbocycles. The van der Waals surface area contributed by atoms with Crippen LogP contribution in [0.4, 0.5) is 5.69 Å². The fraction of sp³-hybridized carbons (Fsp3) is 0.467. The molecule has 2 rings (SSSR count). The number of hydrogen-bond acceptors (Lipinski definition) is 5. The van der Waals surface area contributed by atoms with Gasteiger partial charge in [0.15, 0.2) is 0 Å². The Bertz CT molecular complexity index is 686. The van der Waals surface area contributed by atoms with Gasteiger partial charge in [0.25, 0.3) is 10.0 Å². The number of carbonyl (C=O) groups excluding carboxylic acids is 1. The predicted molar refractivity (Wildman–Crippen MR) is 87.2 cm³/mol. The van der Waals surface area contributed by atoms with Gasteiger partial charge in [-0.05, 0) is 32.4 Å². The van der Waals surface area contributed by atoms with E-state index in [-0.39, 0.29) is 23.5 Å². The number of fused-ring (bicyclic) bond motifs is 1. The van der Waals surface area contributed by atoms with Crippen LogP contribution < -0.4 is 5.32 Å². The molecule has 23 heavy (non-hydrogen) atoms. The maximum atomic E-state index is 12.4. The largest absolute Gasteiger partial charge is 0.379 e. The molecule has 0 spiro atoms. The van der Waals surface area contributed by atoms with E-state index in [2.05, 4.69) is 10.3 Å². The van der Waals surface area contributed by atoms with E-state index >= 15 is 0 Å². The SMILES string of the molecule is CC(C)OCCCNC(=O)CN1C=Nc2ccccc2S1(=O)=O. The molecule has 0 fully saturated rings. The molecule has 1 aliphatic heterocycles. The first-order chi connectivity index (χ1) is 10.9. The first kappa shape index (κ1) is 17.4. The third-order valence-corrected chi connectivity index (χ3v) is 4.91. The minimum absolute atomic E-state index is 0.112. The highest BCUT2D eigenvalue weighted by Gasteiger charge is 2.29. The summed E-state index contributed by atoms with van der Waals surface area (Å²) in [5.74, 6) is -0.371. The topological polar surface area (TPSA) is 88.1 Å². The van der Waals surface area contributed by atoms with Crippen LogP contribution in [-0.4, -0.2) is 50.8 Å². The lowest BCUT2D eigenvalue weighted by molar-refractivity contribution is -0.120.